The highest BCUT2D eigenvalue weighted by Gasteiger charge is 2.05. The van der Waals surface area contributed by atoms with E-state index in [9.17, 15) is 0 Å². The smallest absolute Gasteiger partial charge is 0.219 e. The van der Waals surface area contributed by atoms with Crippen molar-refractivity contribution in [2.75, 3.05) is 0 Å². The number of aromatic nitrogens is 1. The van der Waals surface area contributed by atoms with Crippen molar-refractivity contribution < 1.29 is 4.74 Å². The molecule has 0 fully saturated rings. The molecule has 5 heteroatoms. The third-order valence-corrected chi connectivity index (χ3v) is 3.01. The lowest BCUT2D eigenvalue weighted by molar-refractivity contribution is 0.462. The highest BCUT2D eigenvalue weighted by molar-refractivity contribution is 6.34. The van der Waals surface area contributed by atoms with Crippen LogP contribution in [0.3, 0.4) is 0 Å². The minimum Gasteiger partial charge on any atom is -0.437 e. The van der Waals surface area contributed by atoms with Crippen molar-refractivity contribution >= 4 is 23.2 Å². The molecule has 0 saturated heterocycles. The molecular weight excluding hydrogens is 283 g/mol. The highest BCUT2D eigenvalue weighted by Crippen LogP contribution is 2.31. The maximum atomic E-state index is 6.02. The molecule has 0 aliphatic carbocycles. The Balaban J connectivity index is 2.13. The number of nitrogens with zero attached hydrogens (tertiary/aromatic N) is 1. The van der Waals surface area contributed by atoms with Crippen molar-refractivity contribution in [3.63, 3.8) is 0 Å². The van der Waals surface area contributed by atoms with Gasteiger partial charge < -0.3 is 10.5 Å². The molecule has 2 aromatic rings. The van der Waals surface area contributed by atoms with Gasteiger partial charge in [-0.3, -0.25) is 0 Å². The molecule has 0 aliphatic heterocycles. The van der Waals surface area contributed by atoms with Gasteiger partial charge in [0.25, 0.3) is 0 Å². The summed E-state index contributed by atoms with van der Waals surface area (Å²) in [6.07, 6.45) is 2.53. The standard InChI is InChI=1S/C14H14Cl2N2O/c1-9(17)6-10-2-5-14(18-8-10)19-13-7-11(15)3-4-12(13)16/h2-5,7-9H,6,17H2,1H3. The molecule has 1 aromatic carbocycles. The lowest BCUT2D eigenvalue weighted by Crippen LogP contribution is -2.17. The molecule has 2 N–H and O–H groups in total. The predicted octanol–water partition coefficient (Wildman–Crippen LogP) is 4.07. The molecule has 1 unspecified atom stereocenters. The number of benzene rings is 1. The van der Waals surface area contributed by atoms with Gasteiger partial charge in [0.1, 0.15) is 5.75 Å². The van der Waals surface area contributed by atoms with Crippen LogP contribution < -0.4 is 10.5 Å². The molecule has 0 spiro atoms. The first-order valence-corrected chi connectivity index (χ1v) is 6.63. The van der Waals surface area contributed by atoms with Gasteiger partial charge >= 0.3 is 0 Å². The average molecular weight is 297 g/mol. The SMILES string of the molecule is CC(N)Cc1ccc(Oc2cc(Cl)ccc2Cl)nc1. The maximum absolute atomic E-state index is 6.02. The van der Waals surface area contributed by atoms with E-state index in [1.165, 1.54) is 0 Å². The van der Waals surface area contributed by atoms with Gasteiger partial charge in [-0.2, -0.15) is 0 Å². The Labute approximate surface area is 122 Å². The Bertz CT molecular complexity index is 556. The Hall–Kier alpha value is -1.29. The van der Waals surface area contributed by atoms with Crippen molar-refractivity contribution in [3.05, 3.63) is 52.1 Å². The summed E-state index contributed by atoms with van der Waals surface area (Å²) in [5.74, 6) is 0.958. The third kappa shape index (κ3) is 4.10. The number of pyridine rings is 1. The van der Waals surface area contributed by atoms with E-state index in [2.05, 4.69) is 4.98 Å². The van der Waals surface area contributed by atoms with Crippen molar-refractivity contribution in [2.24, 2.45) is 5.73 Å². The van der Waals surface area contributed by atoms with Gasteiger partial charge in [-0.15, -0.1) is 0 Å². The van der Waals surface area contributed by atoms with E-state index in [0.29, 0.717) is 21.7 Å². The summed E-state index contributed by atoms with van der Waals surface area (Å²) in [7, 11) is 0. The normalized spacial score (nSPS) is 12.2. The number of rotatable bonds is 4. The lowest BCUT2D eigenvalue weighted by atomic mass is 10.1. The largest absolute Gasteiger partial charge is 0.437 e. The van der Waals surface area contributed by atoms with E-state index in [1.807, 2.05) is 13.0 Å². The molecule has 0 bridgehead atoms. The fourth-order valence-electron chi connectivity index (χ4n) is 1.63. The fraction of sp³-hybridized carbons (Fsp3) is 0.214. The van der Waals surface area contributed by atoms with Gasteiger partial charge in [0.05, 0.1) is 5.02 Å². The monoisotopic (exact) mass is 296 g/mol. The molecule has 0 saturated carbocycles. The molecule has 100 valence electrons. The highest BCUT2D eigenvalue weighted by atomic mass is 35.5. The van der Waals surface area contributed by atoms with Crippen LogP contribution in [0.5, 0.6) is 11.6 Å². The van der Waals surface area contributed by atoms with Crippen LogP contribution in [0.4, 0.5) is 0 Å². The van der Waals surface area contributed by atoms with Gasteiger partial charge in [-0.1, -0.05) is 29.3 Å². The van der Waals surface area contributed by atoms with Crippen LogP contribution in [-0.2, 0) is 6.42 Å². The van der Waals surface area contributed by atoms with Crippen molar-refractivity contribution in [3.8, 4) is 11.6 Å². The minimum absolute atomic E-state index is 0.107. The van der Waals surface area contributed by atoms with Crippen LogP contribution in [0.2, 0.25) is 10.0 Å². The molecule has 0 amide bonds. The second-order valence-corrected chi connectivity index (χ2v) is 5.21. The molecule has 0 radical (unpaired) electrons. The number of halogens is 2. The second kappa shape index (κ2) is 6.24. The third-order valence-electron chi connectivity index (χ3n) is 2.46. The van der Waals surface area contributed by atoms with Gasteiger partial charge in [-0.25, -0.2) is 4.98 Å². The Kier molecular flexibility index (Phi) is 4.64. The molecule has 3 nitrogen and oxygen atoms in total. The maximum Gasteiger partial charge on any atom is 0.219 e. The summed E-state index contributed by atoms with van der Waals surface area (Å²) in [6.45, 7) is 1.95. The number of hydrogen-bond donors (Lipinski definition) is 1. The Morgan fingerprint density at radius 2 is 2.05 bits per heavy atom. The summed E-state index contributed by atoms with van der Waals surface area (Å²) in [5, 5.41) is 1.05. The zero-order chi connectivity index (χ0) is 13.8. The van der Waals surface area contributed by atoms with Crippen LogP contribution in [0.15, 0.2) is 36.5 Å². The van der Waals surface area contributed by atoms with Crippen molar-refractivity contribution in [1.29, 1.82) is 0 Å². The molecule has 1 heterocycles. The molecule has 0 aliphatic rings. The first kappa shape index (κ1) is 14.1. The Morgan fingerprint density at radius 3 is 2.68 bits per heavy atom. The summed E-state index contributed by atoms with van der Waals surface area (Å²) in [6, 6.07) is 8.87. The van der Waals surface area contributed by atoms with Gasteiger partial charge in [0.2, 0.25) is 5.88 Å². The van der Waals surface area contributed by atoms with Crippen molar-refractivity contribution in [1.82, 2.24) is 4.98 Å². The van der Waals surface area contributed by atoms with Crippen LogP contribution in [0.25, 0.3) is 0 Å². The number of ether oxygens (including phenoxy) is 1. The van der Waals surface area contributed by atoms with Crippen LogP contribution >= 0.6 is 23.2 Å². The summed E-state index contributed by atoms with van der Waals surface area (Å²) in [5.41, 5.74) is 6.80. The first-order valence-electron chi connectivity index (χ1n) is 5.88. The van der Waals surface area contributed by atoms with E-state index in [-0.39, 0.29) is 6.04 Å². The predicted molar refractivity (Wildman–Crippen MR) is 78.1 cm³/mol. The zero-order valence-corrected chi connectivity index (χ0v) is 11.9. The fourth-order valence-corrected chi connectivity index (χ4v) is 1.95. The van der Waals surface area contributed by atoms with E-state index < -0.39 is 0 Å². The average Bonchev–Trinajstić information content (AvgIpc) is 2.35. The molecule has 19 heavy (non-hydrogen) atoms. The number of nitrogens with two attached hydrogens (primary N) is 1. The van der Waals surface area contributed by atoms with E-state index in [1.54, 1.807) is 30.5 Å². The van der Waals surface area contributed by atoms with E-state index in [4.69, 9.17) is 33.7 Å². The minimum atomic E-state index is 0.107. The summed E-state index contributed by atoms with van der Waals surface area (Å²) in [4.78, 5) is 4.22. The van der Waals surface area contributed by atoms with Crippen LogP contribution in [0.1, 0.15) is 12.5 Å². The van der Waals surface area contributed by atoms with Crippen LogP contribution in [0, 0.1) is 0 Å². The van der Waals surface area contributed by atoms with Gasteiger partial charge in [0, 0.05) is 29.4 Å². The zero-order valence-electron chi connectivity index (χ0n) is 10.4. The molecule has 1 aromatic heterocycles. The van der Waals surface area contributed by atoms with Gasteiger partial charge in [-0.05, 0) is 31.0 Å². The summed E-state index contributed by atoms with van der Waals surface area (Å²) >= 11 is 11.9. The summed E-state index contributed by atoms with van der Waals surface area (Å²) < 4.78 is 5.59. The molecule has 1 atom stereocenters. The van der Waals surface area contributed by atoms with E-state index >= 15 is 0 Å². The molecule has 2 rings (SSSR count). The topological polar surface area (TPSA) is 48.1 Å². The Morgan fingerprint density at radius 1 is 1.26 bits per heavy atom. The number of hydrogen-bond acceptors (Lipinski definition) is 3. The molecular formula is C14H14Cl2N2O. The quantitative estimate of drug-likeness (QED) is 0.925. The van der Waals surface area contributed by atoms with Gasteiger partial charge in [0.15, 0.2) is 0 Å². The van der Waals surface area contributed by atoms with Crippen molar-refractivity contribution in [2.45, 2.75) is 19.4 Å². The van der Waals surface area contributed by atoms with Crippen LogP contribution in [-0.4, -0.2) is 11.0 Å². The lowest BCUT2D eigenvalue weighted by Gasteiger charge is -2.08. The second-order valence-electron chi connectivity index (χ2n) is 4.36. The first-order chi connectivity index (χ1) is 9.04. The van der Waals surface area contributed by atoms with E-state index in [0.717, 1.165) is 12.0 Å².